The molecule has 0 saturated carbocycles. The molecule has 6 nitrogen and oxygen atoms in total. The van der Waals surface area contributed by atoms with Gasteiger partial charge in [-0.25, -0.2) is 8.42 Å². The van der Waals surface area contributed by atoms with E-state index in [1.165, 1.54) is 6.26 Å². The second kappa shape index (κ2) is 9.66. The van der Waals surface area contributed by atoms with Crippen molar-refractivity contribution in [2.45, 2.75) is 6.54 Å². The molecule has 0 spiro atoms. The van der Waals surface area contributed by atoms with E-state index in [9.17, 15) is 8.42 Å². The largest absolute Gasteiger partial charge is 0.379 e. The molecule has 2 N–H and O–H groups in total. The van der Waals surface area contributed by atoms with Crippen molar-refractivity contribution in [2.24, 2.45) is 4.99 Å². The maximum Gasteiger partial charge on any atom is 0.191 e. The molecular weight excluding hydrogens is 326 g/mol. The number of guanidine groups is 1. The molecule has 0 aromatic heterocycles. The van der Waals surface area contributed by atoms with Gasteiger partial charge in [-0.3, -0.25) is 4.99 Å². The Morgan fingerprint density at radius 1 is 1.32 bits per heavy atom. The SMILES string of the molecule is CN=C(NCCOCCS(C)(=O)=O)NCc1cccc(Cl)c1. The first-order valence-electron chi connectivity index (χ1n) is 6.85. The Morgan fingerprint density at radius 3 is 2.73 bits per heavy atom. The predicted molar refractivity (Wildman–Crippen MR) is 90.2 cm³/mol. The van der Waals surface area contributed by atoms with E-state index in [1.54, 1.807) is 7.05 Å². The van der Waals surface area contributed by atoms with Crippen LogP contribution >= 0.6 is 11.6 Å². The van der Waals surface area contributed by atoms with Crippen LogP contribution in [0.25, 0.3) is 0 Å². The molecule has 0 aliphatic rings. The molecule has 124 valence electrons. The number of nitrogens with zero attached hydrogens (tertiary/aromatic N) is 1. The van der Waals surface area contributed by atoms with E-state index in [0.717, 1.165) is 5.56 Å². The molecule has 0 atom stereocenters. The Bertz CT molecular complexity index is 591. The van der Waals surface area contributed by atoms with Gasteiger partial charge in [0, 0.05) is 31.4 Å². The van der Waals surface area contributed by atoms with Crippen LogP contribution in [0.5, 0.6) is 0 Å². The number of benzene rings is 1. The van der Waals surface area contributed by atoms with Gasteiger partial charge in [-0.1, -0.05) is 23.7 Å². The second-order valence-electron chi connectivity index (χ2n) is 4.72. The average Bonchev–Trinajstić information content (AvgIpc) is 2.44. The van der Waals surface area contributed by atoms with Crippen LogP contribution in [-0.4, -0.2) is 53.2 Å². The maximum atomic E-state index is 10.9. The van der Waals surface area contributed by atoms with Crippen LogP contribution in [0, 0.1) is 0 Å². The highest BCUT2D eigenvalue weighted by Gasteiger charge is 2.02. The van der Waals surface area contributed by atoms with Gasteiger partial charge in [0.05, 0.1) is 19.0 Å². The number of sulfone groups is 1. The number of nitrogens with one attached hydrogen (secondary N) is 2. The zero-order valence-corrected chi connectivity index (χ0v) is 14.4. The van der Waals surface area contributed by atoms with Gasteiger partial charge in [0.1, 0.15) is 9.84 Å². The fourth-order valence-corrected chi connectivity index (χ4v) is 2.24. The highest BCUT2D eigenvalue weighted by molar-refractivity contribution is 7.90. The Labute approximate surface area is 136 Å². The van der Waals surface area contributed by atoms with Crippen molar-refractivity contribution in [1.82, 2.24) is 10.6 Å². The van der Waals surface area contributed by atoms with Gasteiger partial charge in [-0.2, -0.15) is 0 Å². The molecular formula is C14H22ClN3O3S. The molecule has 0 bridgehead atoms. The fourth-order valence-electron chi connectivity index (χ4n) is 1.61. The van der Waals surface area contributed by atoms with Crippen LogP contribution < -0.4 is 10.6 Å². The van der Waals surface area contributed by atoms with Gasteiger partial charge in [0.15, 0.2) is 5.96 Å². The summed E-state index contributed by atoms with van der Waals surface area (Å²) in [6.07, 6.45) is 1.19. The summed E-state index contributed by atoms with van der Waals surface area (Å²) < 4.78 is 27.1. The van der Waals surface area contributed by atoms with Crippen molar-refractivity contribution in [2.75, 3.05) is 38.8 Å². The van der Waals surface area contributed by atoms with Crippen molar-refractivity contribution in [3.63, 3.8) is 0 Å². The standard InChI is InChI=1S/C14H22ClN3O3S/c1-16-14(17-6-7-21-8-9-22(2,19)20)18-11-12-4-3-5-13(15)10-12/h3-5,10H,6-9,11H2,1-2H3,(H2,16,17,18). The molecule has 1 aromatic carbocycles. The van der Waals surface area contributed by atoms with Gasteiger partial charge >= 0.3 is 0 Å². The van der Waals surface area contributed by atoms with Crippen LogP contribution in [0.1, 0.15) is 5.56 Å². The molecule has 0 aliphatic heterocycles. The summed E-state index contributed by atoms with van der Waals surface area (Å²) in [6.45, 7) is 1.76. The summed E-state index contributed by atoms with van der Waals surface area (Å²) in [6, 6.07) is 7.58. The van der Waals surface area contributed by atoms with Crippen LogP contribution in [0.3, 0.4) is 0 Å². The van der Waals surface area contributed by atoms with Gasteiger partial charge in [-0.15, -0.1) is 0 Å². The van der Waals surface area contributed by atoms with Gasteiger partial charge in [0.2, 0.25) is 0 Å². The van der Waals surface area contributed by atoms with E-state index in [-0.39, 0.29) is 12.4 Å². The second-order valence-corrected chi connectivity index (χ2v) is 7.42. The smallest absolute Gasteiger partial charge is 0.191 e. The first-order chi connectivity index (χ1) is 10.4. The lowest BCUT2D eigenvalue weighted by molar-refractivity contribution is 0.154. The molecule has 0 saturated heterocycles. The number of ether oxygens (including phenoxy) is 1. The monoisotopic (exact) mass is 347 g/mol. The number of rotatable bonds is 8. The number of aliphatic imine (C=N–C) groups is 1. The quantitative estimate of drug-likeness (QED) is 0.417. The topological polar surface area (TPSA) is 79.8 Å². The van der Waals surface area contributed by atoms with Crippen molar-refractivity contribution < 1.29 is 13.2 Å². The van der Waals surface area contributed by atoms with E-state index < -0.39 is 9.84 Å². The van der Waals surface area contributed by atoms with E-state index in [4.69, 9.17) is 16.3 Å². The fraction of sp³-hybridized carbons (Fsp3) is 0.500. The third-order valence-electron chi connectivity index (χ3n) is 2.71. The van der Waals surface area contributed by atoms with Crippen LogP contribution in [0.2, 0.25) is 5.02 Å². The van der Waals surface area contributed by atoms with Crippen molar-refractivity contribution >= 4 is 27.4 Å². The Hall–Kier alpha value is -1.31. The molecule has 22 heavy (non-hydrogen) atoms. The molecule has 0 amide bonds. The Kier molecular flexibility index (Phi) is 8.22. The number of halogens is 1. The summed E-state index contributed by atoms with van der Waals surface area (Å²) >= 11 is 5.93. The van der Waals surface area contributed by atoms with E-state index in [1.807, 2.05) is 24.3 Å². The minimum Gasteiger partial charge on any atom is -0.379 e. The lowest BCUT2D eigenvalue weighted by Gasteiger charge is -2.12. The van der Waals surface area contributed by atoms with Crippen molar-refractivity contribution in [3.05, 3.63) is 34.9 Å². The molecule has 0 aliphatic carbocycles. The first kappa shape index (κ1) is 18.7. The third kappa shape index (κ3) is 8.86. The van der Waals surface area contributed by atoms with E-state index >= 15 is 0 Å². The lowest BCUT2D eigenvalue weighted by Crippen LogP contribution is -2.38. The summed E-state index contributed by atoms with van der Waals surface area (Å²) in [7, 11) is -1.29. The normalized spacial score (nSPS) is 12.2. The van der Waals surface area contributed by atoms with Crippen molar-refractivity contribution in [3.8, 4) is 0 Å². The summed E-state index contributed by atoms with van der Waals surface area (Å²) in [5.41, 5.74) is 1.06. The van der Waals surface area contributed by atoms with Crippen LogP contribution in [0.4, 0.5) is 0 Å². The molecule has 0 fully saturated rings. The highest BCUT2D eigenvalue weighted by atomic mass is 35.5. The highest BCUT2D eigenvalue weighted by Crippen LogP contribution is 2.10. The van der Waals surface area contributed by atoms with Crippen LogP contribution in [-0.2, 0) is 21.1 Å². The molecule has 1 rings (SSSR count). The molecule has 0 unspecified atom stereocenters. The summed E-state index contributed by atoms with van der Waals surface area (Å²) in [4.78, 5) is 4.09. The number of hydrogen-bond donors (Lipinski definition) is 2. The summed E-state index contributed by atoms with van der Waals surface area (Å²) in [5.74, 6) is 0.682. The average molecular weight is 348 g/mol. The van der Waals surface area contributed by atoms with Crippen LogP contribution in [0.15, 0.2) is 29.3 Å². The number of hydrogen-bond acceptors (Lipinski definition) is 4. The third-order valence-corrected chi connectivity index (χ3v) is 3.85. The molecule has 0 radical (unpaired) electrons. The zero-order chi connectivity index (χ0) is 16.4. The lowest BCUT2D eigenvalue weighted by atomic mass is 10.2. The zero-order valence-electron chi connectivity index (χ0n) is 12.8. The first-order valence-corrected chi connectivity index (χ1v) is 9.29. The Morgan fingerprint density at radius 2 is 2.09 bits per heavy atom. The molecule has 0 heterocycles. The van der Waals surface area contributed by atoms with Gasteiger partial charge in [0.25, 0.3) is 0 Å². The predicted octanol–water partition coefficient (Wildman–Crippen LogP) is 1.07. The van der Waals surface area contributed by atoms with Crippen molar-refractivity contribution in [1.29, 1.82) is 0 Å². The Balaban J connectivity index is 2.20. The molecule has 8 heteroatoms. The molecule has 1 aromatic rings. The van der Waals surface area contributed by atoms with E-state index in [2.05, 4.69) is 15.6 Å². The van der Waals surface area contributed by atoms with Gasteiger partial charge in [-0.05, 0) is 17.7 Å². The minimum atomic E-state index is -2.97. The van der Waals surface area contributed by atoms with Gasteiger partial charge < -0.3 is 15.4 Å². The minimum absolute atomic E-state index is 0.0364. The summed E-state index contributed by atoms with van der Waals surface area (Å²) in [5, 5.41) is 6.94. The van der Waals surface area contributed by atoms with E-state index in [0.29, 0.717) is 30.7 Å². The maximum absolute atomic E-state index is 10.9.